The smallest absolute Gasteiger partial charge is 0.119 e. The number of methoxy groups -OCH3 is 1. The Hall–Kier alpha value is -1.02. The quantitative estimate of drug-likeness (QED) is 0.797. The SMILES string of the molecule is COc1cccc([C@@H](C)NCC2CCCCCC2)c1. The summed E-state index contributed by atoms with van der Waals surface area (Å²) >= 11 is 0. The first-order chi connectivity index (χ1) is 9.29. The van der Waals surface area contributed by atoms with Gasteiger partial charge >= 0.3 is 0 Å². The van der Waals surface area contributed by atoms with E-state index in [0.717, 1.165) is 18.2 Å². The van der Waals surface area contributed by atoms with Crippen LogP contribution in [0, 0.1) is 5.92 Å². The molecule has 1 atom stereocenters. The summed E-state index contributed by atoms with van der Waals surface area (Å²) in [5, 5.41) is 3.69. The molecule has 2 nitrogen and oxygen atoms in total. The summed E-state index contributed by atoms with van der Waals surface area (Å²) in [4.78, 5) is 0. The minimum absolute atomic E-state index is 0.401. The Bertz CT molecular complexity index is 369. The highest BCUT2D eigenvalue weighted by Gasteiger charge is 2.13. The van der Waals surface area contributed by atoms with Crippen LogP contribution in [0.25, 0.3) is 0 Å². The van der Waals surface area contributed by atoms with E-state index in [1.165, 1.54) is 44.1 Å². The summed E-state index contributed by atoms with van der Waals surface area (Å²) in [7, 11) is 1.72. The highest BCUT2D eigenvalue weighted by molar-refractivity contribution is 5.30. The highest BCUT2D eigenvalue weighted by Crippen LogP contribution is 2.24. The second kappa shape index (κ2) is 7.54. The molecular weight excluding hydrogens is 234 g/mol. The van der Waals surface area contributed by atoms with Crippen molar-refractivity contribution >= 4 is 0 Å². The minimum atomic E-state index is 0.401. The van der Waals surface area contributed by atoms with Crippen LogP contribution in [0.1, 0.15) is 57.1 Å². The van der Waals surface area contributed by atoms with Crippen LogP contribution in [-0.2, 0) is 0 Å². The van der Waals surface area contributed by atoms with E-state index in [4.69, 9.17) is 4.74 Å². The van der Waals surface area contributed by atoms with Crippen molar-refractivity contribution in [1.82, 2.24) is 5.32 Å². The molecule has 0 bridgehead atoms. The third kappa shape index (κ3) is 4.54. The zero-order chi connectivity index (χ0) is 13.5. The van der Waals surface area contributed by atoms with Gasteiger partial charge in [-0.3, -0.25) is 0 Å². The standard InChI is InChI=1S/C17H27NO/c1-14(16-10-7-11-17(12-16)19-2)18-13-15-8-5-3-4-6-9-15/h7,10-12,14-15,18H,3-6,8-9,13H2,1-2H3/t14-/m1/s1. The molecule has 1 saturated carbocycles. The van der Waals surface area contributed by atoms with Crippen LogP contribution >= 0.6 is 0 Å². The number of benzene rings is 1. The molecule has 0 unspecified atom stereocenters. The number of hydrogen-bond donors (Lipinski definition) is 1. The molecule has 1 aliphatic carbocycles. The average molecular weight is 261 g/mol. The summed E-state index contributed by atoms with van der Waals surface area (Å²) in [5.41, 5.74) is 1.31. The van der Waals surface area contributed by atoms with Gasteiger partial charge in [0, 0.05) is 6.04 Å². The van der Waals surface area contributed by atoms with Crippen molar-refractivity contribution in [3.05, 3.63) is 29.8 Å². The van der Waals surface area contributed by atoms with Gasteiger partial charge in [0.05, 0.1) is 7.11 Å². The fourth-order valence-electron chi connectivity index (χ4n) is 2.94. The Balaban J connectivity index is 1.84. The van der Waals surface area contributed by atoms with Crippen molar-refractivity contribution in [2.75, 3.05) is 13.7 Å². The molecule has 2 heteroatoms. The number of hydrogen-bond acceptors (Lipinski definition) is 2. The molecule has 1 aliphatic rings. The summed E-state index contributed by atoms with van der Waals surface area (Å²) in [6.07, 6.45) is 8.50. The molecule has 1 aromatic rings. The maximum atomic E-state index is 5.29. The summed E-state index contributed by atoms with van der Waals surface area (Å²) in [5.74, 6) is 1.82. The van der Waals surface area contributed by atoms with Gasteiger partial charge in [-0.1, -0.05) is 37.8 Å². The lowest BCUT2D eigenvalue weighted by molar-refractivity contribution is 0.399. The van der Waals surface area contributed by atoms with Crippen molar-refractivity contribution < 1.29 is 4.74 Å². The van der Waals surface area contributed by atoms with Crippen molar-refractivity contribution in [1.29, 1.82) is 0 Å². The van der Waals surface area contributed by atoms with Crippen molar-refractivity contribution in [2.24, 2.45) is 5.92 Å². The summed E-state index contributed by atoms with van der Waals surface area (Å²) in [6.45, 7) is 3.39. The van der Waals surface area contributed by atoms with Crippen LogP contribution in [0.5, 0.6) is 5.75 Å². The van der Waals surface area contributed by atoms with Gasteiger partial charge in [0.25, 0.3) is 0 Å². The predicted octanol–water partition coefficient (Wildman–Crippen LogP) is 4.32. The molecule has 0 saturated heterocycles. The van der Waals surface area contributed by atoms with E-state index in [9.17, 15) is 0 Å². The molecule has 0 aliphatic heterocycles. The molecule has 1 fully saturated rings. The second-order valence-corrected chi connectivity index (χ2v) is 5.76. The maximum Gasteiger partial charge on any atom is 0.119 e. The molecule has 0 heterocycles. The first-order valence-corrected chi connectivity index (χ1v) is 7.67. The minimum Gasteiger partial charge on any atom is -0.497 e. The normalized spacial score (nSPS) is 18.8. The Morgan fingerprint density at radius 1 is 1.21 bits per heavy atom. The largest absolute Gasteiger partial charge is 0.497 e. The van der Waals surface area contributed by atoms with Gasteiger partial charge in [0.15, 0.2) is 0 Å². The van der Waals surface area contributed by atoms with Gasteiger partial charge in [0.1, 0.15) is 5.75 Å². The maximum absolute atomic E-state index is 5.29. The van der Waals surface area contributed by atoms with E-state index in [0.29, 0.717) is 6.04 Å². The third-order valence-corrected chi connectivity index (χ3v) is 4.28. The van der Waals surface area contributed by atoms with E-state index in [1.807, 2.05) is 6.07 Å². The van der Waals surface area contributed by atoms with E-state index in [1.54, 1.807) is 7.11 Å². The lowest BCUT2D eigenvalue weighted by Crippen LogP contribution is -2.25. The van der Waals surface area contributed by atoms with Crippen LogP contribution in [0.15, 0.2) is 24.3 Å². The fourth-order valence-corrected chi connectivity index (χ4v) is 2.94. The van der Waals surface area contributed by atoms with Gasteiger partial charge in [-0.2, -0.15) is 0 Å². The fraction of sp³-hybridized carbons (Fsp3) is 0.647. The van der Waals surface area contributed by atoms with E-state index < -0.39 is 0 Å². The molecule has 106 valence electrons. The van der Waals surface area contributed by atoms with Crippen LogP contribution in [-0.4, -0.2) is 13.7 Å². The molecular formula is C17H27NO. The van der Waals surface area contributed by atoms with E-state index in [2.05, 4.69) is 30.4 Å². The topological polar surface area (TPSA) is 21.3 Å². The lowest BCUT2D eigenvalue weighted by Gasteiger charge is -2.20. The Morgan fingerprint density at radius 3 is 2.63 bits per heavy atom. The van der Waals surface area contributed by atoms with Crippen molar-refractivity contribution in [2.45, 2.75) is 51.5 Å². The number of rotatable bonds is 5. The van der Waals surface area contributed by atoms with Gasteiger partial charge in [-0.05, 0) is 49.9 Å². The molecule has 0 radical (unpaired) electrons. The third-order valence-electron chi connectivity index (χ3n) is 4.28. The van der Waals surface area contributed by atoms with Gasteiger partial charge in [0.2, 0.25) is 0 Å². The Labute approximate surface area is 117 Å². The Morgan fingerprint density at radius 2 is 1.95 bits per heavy atom. The monoisotopic (exact) mass is 261 g/mol. The molecule has 1 N–H and O–H groups in total. The predicted molar refractivity (Wildman–Crippen MR) is 80.6 cm³/mol. The molecule has 19 heavy (non-hydrogen) atoms. The zero-order valence-electron chi connectivity index (χ0n) is 12.3. The van der Waals surface area contributed by atoms with Crippen molar-refractivity contribution in [3.8, 4) is 5.75 Å². The lowest BCUT2D eigenvalue weighted by atomic mass is 9.99. The first-order valence-electron chi connectivity index (χ1n) is 7.67. The van der Waals surface area contributed by atoms with Crippen LogP contribution in [0.4, 0.5) is 0 Å². The second-order valence-electron chi connectivity index (χ2n) is 5.76. The van der Waals surface area contributed by atoms with Crippen LogP contribution in [0.2, 0.25) is 0 Å². The number of nitrogens with one attached hydrogen (secondary N) is 1. The van der Waals surface area contributed by atoms with Crippen molar-refractivity contribution in [3.63, 3.8) is 0 Å². The van der Waals surface area contributed by atoms with Gasteiger partial charge in [-0.15, -0.1) is 0 Å². The highest BCUT2D eigenvalue weighted by atomic mass is 16.5. The van der Waals surface area contributed by atoms with Crippen LogP contribution in [0.3, 0.4) is 0 Å². The van der Waals surface area contributed by atoms with Gasteiger partial charge in [-0.25, -0.2) is 0 Å². The van der Waals surface area contributed by atoms with E-state index >= 15 is 0 Å². The molecule has 1 aromatic carbocycles. The molecule has 0 aromatic heterocycles. The van der Waals surface area contributed by atoms with E-state index in [-0.39, 0.29) is 0 Å². The average Bonchev–Trinajstić information content (AvgIpc) is 2.73. The molecule has 0 spiro atoms. The molecule has 0 amide bonds. The summed E-state index contributed by atoms with van der Waals surface area (Å²) in [6, 6.07) is 8.77. The summed E-state index contributed by atoms with van der Waals surface area (Å²) < 4.78 is 5.29. The van der Waals surface area contributed by atoms with Gasteiger partial charge < -0.3 is 10.1 Å². The first kappa shape index (κ1) is 14.4. The zero-order valence-corrected chi connectivity index (χ0v) is 12.3. The van der Waals surface area contributed by atoms with Crippen LogP contribution < -0.4 is 10.1 Å². The molecule has 2 rings (SSSR count). The Kier molecular flexibility index (Phi) is 5.71. The number of ether oxygens (including phenoxy) is 1.